The van der Waals surface area contributed by atoms with Crippen molar-refractivity contribution in [1.29, 1.82) is 0 Å². The largest absolute Gasteiger partial charge is 0.448 e. The van der Waals surface area contributed by atoms with Gasteiger partial charge in [-0.1, -0.05) is 12.1 Å². The standard InChI is InChI=1S/C21H24N4O2/c1-14-18(22-13-27-14)12-24-10-4-7-19(24)20-23-17-6-3-2-5-16(17)21(26)25(20)11-15-8-9-15/h2-3,5-6,13,15,19H,4,7-12H2,1H3. The van der Waals surface area contributed by atoms with E-state index in [9.17, 15) is 4.79 Å². The summed E-state index contributed by atoms with van der Waals surface area (Å²) in [5.41, 5.74) is 1.87. The first kappa shape index (κ1) is 16.7. The van der Waals surface area contributed by atoms with Crippen LogP contribution in [0.1, 0.15) is 49.0 Å². The van der Waals surface area contributed by atoms with Gasteiger partial charge in [0.15, 0.2) is 6.39 Å². The van der Waals surface area contributed by atoms with Gasteiger partial charge in [0.05, 0.1) is 22.6 Å². The third-order valence-corrected chi connectivity index (χ3v) is 5.89. The summed E-state index contributed by atoms with van der Waals surface area (Å²) >= 11 is 0. The summed E-state index contributed by atoms with van der Waals surface area (Å²) in [7, 11) is 0. The van der Waals surface area contributed by atoms with Gasteiger partial charge in [-0.2, -0.15) is 0 Å². The SMILES string of the molecule is Cc1ocnc1CN1CCCC1c1nc2ccccc2c(=O)n1CC1CC1. The van der Waals surface area contributed by atoms with E-state index in [2.05, 4.69) is 9.88 Å². The normalized spacial score (nSPS) is 20.6. The lowest BCUT2D eigenvalue weighted by atomic mass is 10.1. The van der Waals surface area contributed by atoms with Gasteiger partial charge in [-0.05, 0) is 57.2 Å². The highest BCUT2D eigenvalue weighted by Gasteiger charge is 2.33. The van der Waals surface area contributed by atoms with Crippen LogP contribution >= 0.6 is 0 Å². The van der Waals surface area contributed by atoms with Crippen LogP contribution in [0, 0.1) is 12.8 Å². The van der Waals surface area contributed by atoms with Crippen LogP contribution in [-0.2, 0) is 13.1 Å². The number of rotatable bonds is 5. The predicted molar refractivity (Wildman–Crippen MR) is 102 cm³/mol. The number of fused-ring (bicyclic) bond motifs is 1. The molecule has 5 rings (SSSR count). The number of benzene rings is 1. The van der Waals surface area contributed by atoms with Gasteiger partial charge in [0.1, 0.15) is 11.6 Å². The second kappa shape index (κ2) is 6.60. The lowest BCUT2D eigenvalue weighted by Gasteiger charge is -2.26. The molecule has 27 heavy (non-hydrogen) atoms. The van der Waals surface area contributed by atoms with Crippen molar-refractivity contribution in [3.05, 3.63) is 58.3 Å². The predicted octanol–water partition coefficient (Wildman–Crippen LogP) is 3.44. The molecular formula is C21H24N4O2. The summed E-state index contributed by atoms with van der Waals surface area (Å²) in [6.07, 6.45) is 6.06. The van der Waals surface area contributed by atoms with Crippen LogP contribution in [-0.4, -0.2) is 26.0 Å². The van der Waals surface area contributed by atoms with E-state index in [0.29, 0.717) is 5.92 Å². The van der Waals surface area contributed by atoms with E-state index in [1.165, 1.54) is 19.2 Å². The fraction of sp³-hybridized carbons (Fsp3) is 0.476. The van der Waals surface area contributed by atoms with E-state index in [-0.39, 0.29) is 11.6 Å². The number of hydrogen-bond donors (Lipinski definition) is 0. The van der Waals surface area contributed by atoms with Crippen molar-refractivity contribution in [3.8, 4) is 0 Å². The summed E-state index contributed by atoms with van der Waals surface area (Å²) in [4.78, 5) is 25.0. The molecule has 2 aromatic heterocycles. The molecule has 1 aromatic carbocycles. The number of aryl methyl sites for hydroxylation is 1. The number of para-hydroxylation sites is 1. The van der Waals surface area contributed by atoms with Crippen LogP contribution in [0.15, 0.2) is 39.9 Å². The highest BCUT2D eigenvalue weighted by atomic mass is 16.3. The topological polar surface area (TPSA) is 64.2 Å². The minimum atomic E-state index is 0.104. The Hall–Kier alpha value is -2.47. The summed E-state index contributed by atoms with van der Waals surface area (Å²) in [6, 6.07) is 7.86. The average Bonchev–Trinajstić information content (AvgIpc) is 3.23. The fourth-order valence-electron chi connectivity index (χ4n) is 4.15. The summed E-state index contributed by atoms with van der Waals surface area (Å²) < 4.78 is 7.33. The Morgan fingerprint density at radius 1 is 1.22 bits per heavy atom. The van der Waals surface area contributed by atoms with Crippen molar-refractivity contribution in [1.82, 2.24) is 19.4 Å². The fourth-order valence-corrected chi connectivity index (χ4v) is 4.15. The molecule has 6 heteroatoms. The van der Waals surface area contributed by atoms with E-state index < -0.39 is 0 Å². The zero-order valence-electron chi connectivity index (χ0n) is 15.6. The molecule has 140 valence electrons. The third-order valence-electron chi connectivity index (χ3n) is 5.89. The first-order valence-corrected chi connectivity index (χ1v) is 9.83. The Labute approximate surface area is 157 Å². The number of nitrogens with zero attached hydrogens (tertiary/aromatic N) is 4. The van der Waals surface area contributed by atoms with Gasteiger partial charge in [0, 0.05) is 13.1 Å². The first-order chi connectivity index (χ1) is 13.2. The maximum Gasteiger partial charge on any atom is 0.261 e. The maximum atomic E-state index is 13.2. The number of hydrogen-bond acceptors (Lipinski definition) is 5. The Morgan fingerprint density at radius 2 is 2.07 bits per heavy atom. The van der Waals surface area contributed by atoms with E-state index in [1.807, 2.05) is 35.8 Å². The molecule has 3 heterocycles. The van der Waals surface area contributed by atoms with E-state index >= 15 is 0 Å². The second-order valence-electron chi connectivity index (χ2n) is 7.83. The molecule has 2 fully saturated rings. The molecule has 1 unspecified atom stereocenters. The lowest BCUT2D eigenvalue weighted by molar-refractivity contribution is 0.229. The molecule has 1 aliphatic carbocycles. The minimum Gasteiger partial charge on any atom is -0.448 e. The van der Waals surface area contributed by atoms with Crippen molar-refractivity contribution < 1.29 is 4.42 Å². The van der Waals surface area contributed by atoms with Crippen molar-refractivity contribution in [2.24, 2.45) is 5.92 Å². The lowest BCUT2D eigenvalue weighted by Crippen LogP contribution is -2.32. The molecule has 6 nitrogen and oxygen atoms in total. The molecule has 3 aromatic rings. The highest BCUT2D eigenvalue weighted by molar-refractivity contribution is 5.77. The van der Waals surface area contributed by atoms with Gasteiger partial charge in [-0.25, -0.2) is 9.97 Å². The Bertz CT molecular complexity index is 1030. The molecule has 0 N–H and O–H groups in total. The molecule has 0 bridgehead atoms. The highest BCUT2D eigenvalue weighted by Crippen LogP contribution is 2.35. The minimum absolute atomic E-state index is 0.104. The second-order valence-corrected chi connectivity index (χ2v) is 7.83. The summed E-state index contributed by atoms with van der Waals surface area (Å²) in [6.45, 7) is 4.46. The number of oxazole rings is 1. The monoisotopic (exact) mass is 364 g/mol. The number of likely N-dealkylation sites (tertiary alicyclic amines) is 1. The first-order valence-electron chi connectivity index (χ1n) is 9.83. The van der Waals surface area contributed by atoms with E-state index in [0.717, 1.165) is 60.7 Å². The molecular weight excluding hydrogens is 340 g/mol. The zero-order chi connectivity index (χ0) is 18.4. The van der Waals surface area contributed by atoms with Gasteiger partial charge >= 0.3 is 0 Å². The smallest absolute Gasteiger partial charge is 0.261 e. The van der Waals surface area contributed by atoms with Crippen molar-refractivity contribution in [2.45, 2.75) is 51.7 Å². The quantitative estimate of drug-likeness (QED) is 0.694. The molecule has 0 spiro atoms. The van der Waals surface area contributed by atoms with Gasteiger partial charge in [-0.15, -0.1) is 0 Å². The van der Waals surface area contributed by atoms with Crippen molar-refractivity contribution in [3.63, 3.8) is 0 Å². The van der Waals surface area contributed by atoms with Gasteiger partial charge in [0.2, 0.25) is 0 Å². The van der Waals surface area contributed by atoms with Crippen LogP contribution in [0.25, 0.3) is 10.9 Å². The average molecular weight is 364 g/mol. The Morgan fingerprint density at radius 3 is 2.85 bits per heavy atom. The summed E-state index contributed by atoms with van der Waals surface area (Å²) in [5.74, 6) is 2.41. The maximum absolute atomic E-state index is 13.2. The molecule has 1 saturated heterocycles. The van der Waals surface area contributed by atoms with E-state index in [4.69, 9.17) is 9.40 Å². The molecule has 0 amide bonds. The molecule has 0 radical (unpaired) electrons. The van der Waals surface area contributed by atoms with Crippen molar-refractivity contribution >= 4 is 10.9 Å². The van der Waals surface area contributed by atoms with Gasteiger partial charge in [-0.3, -0.25) is 14.3 Å². The van der Waals surface area contributed by atoms with Crippen molar-refractivity contribution in [2.75, 3.05) is 6.54 Å². The Balaban J connectivity index is 1.57. The van der Waals surface area contributed by atoms with Crippen LogP contribution < -0.4 is 5.56 Å². The Kier molecular flexibility index (Phi) is 4.08. The van der Waals surface area contributed by atoms with Crippen LogP contribution in [0.5, 0.6) is 0 Å². The molecule has 1 aliphatic heterocycles. The van der Waals surface area contributed by atoms with Crippen LogP contribution in [0.2, 0.25) is 0 Å². The molecule has 1 saturated carbocycles. The van der Waals surface area contributed by atoms with E-state index in [1.54, 1.807) is 0 Å². The summed E-state index contributed by atoms with van der Waals surface area (Å²) in [5, 5.41) is 0.721. The van der Waals surface area contributed by atoms with Gasteiger partial charge < -0.3 is 4.42 Å². The van der Waals surface area contributed by atoms with Gasteiger partial charge in [0.25, 0.3) is 5.56 Å². The van der Waals surface area contributed by atoms with Crippen LogP contribution in [0.3, 0.4) is 0 Å². The third kappa shape index (κ3) is 3.08. The molecule has 2 aliphatic rings. The zero-order valence-corrected chi connectivity index (χ0v) is 15.6. The number of aromatic nitrogens is 3. The van der Waals surface area contributed by atoms with Crippen LogP contribution in [0.4, 0.5) is 0 Å². The molecule has 1 atom stereocenters.